The zero-order valence-electron chi connectivity index (χ0n) is 7.02. The molecular weight excluding hydrogens is 184 g/mol. The van der Waals surface area contributed by atoms with Crippen molar-refractivity contribution in [3.05, 3.63) is 45.5 Å². The predicted molar refractivity (Wildman–Crippen MR) is 48.7 cm³/mol. The Labute approximate surface area is 77.7 Å². The van der Waals surface area contributed by atoms with E-state index in [1.54, 1.807) is 0 Å². The van der Waals surface area contributed by atoms with Crippen molar-refractivity contribution in [1.29, 1.82) is 0 Å². The van der Waals surface area contributed by atoms with Crippen molar-refractivity contribution >= 4 is 0 Å². The molecule has 0 aliphatic carbocycles. The number of rotatable bonds is 1. The van der Waals surface area contributed by atoms with E-state index < -0.39 is 0 Å². The van der Waals surface area contributed by atoms with Crippen molar-refractivity contribution < 1.29 is 0 Å². The fraction of sp³-hybridized carbons (Fsp3) is 0. The first kappa shape index (κ1) is 8.36. The highest BCUT2D eigenvalue weighted by atomic mass is 16.1. The molecule has 6 heteroatoms. The largest absolute Gasteiger partial charge is 0.313 e. The number of H-pyrrole nitrogens is 2. The monoisotopic (exact) mass is 190 g/mol. The molecule has 0 unspecified atom stereocenters. The van der Waals surface area contributed by atoms with Crippen LogP contribution in [0.3, 0.4) is 0 Å². The van der Waals surface area contributed by atoms with Gasteiger partial charge in [-0.2, -0.15) is 0 Å². The summed E-state index contributed by atoms with van der Waals surface area (Å²) in [6, 6.07) is 1.27. The molecule has 2 N–H and O–H groups in total. The molecule has 0 radical (unpaired) electrons. The van der Waals surface area contributed by atoms with E-state index >= 15 is 0 Å². The van der Waals surface area contributed by atoms with Crippen LogP contribution in [0.25, 0.3) is 11.4 Å². The molecule has 6 nitrogen and oxygen atoms in total. The van der Waals surface area contributed by atoms with E-state index in [-0.39, 0.29) is 22.5 Å². The summed E-state index contributed by atoms with van der Waals surface area (Å²) in [4.78, 5) is 34.6. The molecule has 14 heavy (non-hydrogen) atoms. The first-order chi connectivity index (χ1) is 6.77. The minimum Gasteiger partial charge on any atom is -0.313 e. The Balaban J connectivity index is 2.67. The van der Waals surface area contributed by atoms with Gasteiger partial charge in [0.2, 0.25) is 0 Å². The van der Waals surface area contributed by atoms with Crippen LogP contribution in [-0.4, -0.2) is 19.9 Å². The van der Waals surface area contributed by atoms with Gasteiger partial charge >= 0.3 is 0 Å². The van der Waals surface area contributed by atoms with E-state index in [0.717, 1.165) is 0 Å². The quantitative estimate of drug-likeness (QED) is 0.635. The number of hydrogen-bond acceptors (Lipinski definition) is 4. The molecule has 0 atom stereocenters. The molecule has 0 spiro atoms. The van der Waals surface area contributed by atoms with Gasteiger partial charge in [-0.15, -0.1) is 0 Å². The van der Waals surface area contributed by atoms with E-state index in [0.29, 0.717) is 0 Å². The summed E-state index contributed by atoms with van der Waals surface area (Å²) in [5.74, 6) is 0.215. The van der Waals surface area contributed by atoms with Crippen LogP contribution in [0.5, 0.6) is 0 Å². The van der Waals surface area contributed by atoms with Crippen molar-refractivity contribution in [3.63, 3.8) is 0 Å². The molecule has 2 heterocycles. The zero-order valence-corrected chi connectivity index (χ0v) is 7.02. The molecule has 2 aromatic rings. The second kappa shape index (κ2) is 3.25. The Morgan fingerprint density at radius 3 is 2.86 bits per heavy atom. The predicted octanol–water partition coefficient (Wildman–Crippen LogP) is -0.480. The van der Waals surface area contributed by atoms with Crippen molar-refractivity contribution in [2.24, 2.45) is 0 Å². The molecule has 0 saturated carbocycles. The van der Waals surface area contributed by atoms with Gasteiger partial charge in [-0.05, 0) is 0 Å². The summed E-state index contributed by atoms with van der Waals surface area (Å²) in [6.07, 6.45) is 3.95. The summed E-state index contributed by atoms with van der Waals surface area (Å²) >= 11 is 0. The lowest BCUT2D eigenvalue weighted by atomic mass is 10.3. The maximum atomic E-state index is 11.3. The fourth-order valence-corrected chi connectivity index (χ4v) is 1.02. The molecule has 0 aromatic carbocycles. The van der Waals surface area contributed by atoms with Crippen LogP contribution in [-0.2, 0) is 0 Å². The Kier molecular flexibility index (Phi) is 1.94. The van der Waals surface area contributed by atoms with Crippen LogP contribution < -0.4 is 11.1 Å². The maximum Gasteiger partial charge on any atom is 0.261 e. The van der Waals surface area contributed by atoms with Crippen molar-refractivity contribution in [2.45, 2.75) is 0 Å². The maximum absolute atomic E-state index is 11.3. The summed E-state index contributed by atoms with van der Waals surface area (Å²) < 4.78 is 0. The molecule has 0 aliphatic heterocycles. The third-order valence-corrected chi connectivity index (χ3v) is 1.64. The van der Waals surface area contributed by atoms with Crippen molar-refractivity contribution in [3.8, 4) is 11.4 Å². The Morgan fingerprint density at radius 1 is 1.29 bits per heavy atom. The van der Waals surface area contributed by atoms with Crippen LogP contribution in [0.4, 0.5) is 0 Å². The SMILES string of the molecule is O=c1ccnc(-c2cnc[nH]c2=O)[nH]1. The lowest BCUT2D eigenvalue weighted by molar-refractivity contribution is 1.07. The Hall–Kier alpha value is -2.24. The van der Waals surface area contributed by atoms with Gasteiger partial charge < -0.3 is 9.97 Å². The van der Waals surface area contributed by atoms with Gasteiger partial charge in [-0.3, -0.25) is 9.59 Å². The topological polar surface area (TPSA) is 91.5 Å². The highest BCUT2D eigenvalue weighted by molar-refractivity contribution is 5.50. The third-order valence-electron chi connectivity index (χ3n) is 1.64. The van der Waals surface area contributed by atoms with E-state index in [1.807, 2.05) is 0 Å². The van der Waals surface area contributed by atoms with E-state index in [4.69, 9.17) is 0 Å². The number of hydrogen-bond donors (Lipinski definition) is 2. The summed E-state index contributed by atoms with van der Waals surface area (Å²) in [5, 5.41) is 0. The molecule has 0 amide bonds. The Bertz CT molecular complexity index is 557. The first-order valence-electron chi connectivity index (χ1n) is 3.86. The fourth-order valence-electron chi connectivity index (χ4n) is 1.02. The van der Waals surface area contributed by atoms with Gasteiger partial charge in [-0.25, -0.2) is 9.97 Å². The van der Waals surface area contributed by atoms with Gasteiger partial charge in [0.15, 0.2) is 0 Å². The van der Waals surface area contributed by atoms with Crippen LogP contribution in [0.15, 0.2) is 34.4 Å². The van der Waals surface area contributed by atoms with Crippen LogP contribution >= 0.6 is 0 Å². The van der Waals surface area contributed by atoms with Crippen LogP contribution in [0, 0.1) is 0 Å². The molecule has 2 rings (SSSR count). The number of aromatic amines is 2. The smallest absolute Gasteiger partial charge is 0.261 e. The number of aromatic nitrogens is 4. The number of nitrogens with zero attached hydrogens (tertiary/aromatic N) is 2. The Morgan fingerprint density at radius 2 is 2.14 bits per heavy atom. The van der Waals surface area contributed by atoms with Crippen molar-refractivity contribution in [2.75, 3.05) is 0 Å². The van der Waals surface area contributed by atoms with Gasteiger partial charge in [-0.1, -0.05) is 0 Å². The molecular formula is C8H6N4O2. The minimum atomic E-state index is -0.339. The van der Waals surface area contributed by atoms with E-state index in [2.05, 4.69) is 19.9 Å². The average molecular weight is 190 g/mol. The summed E-state index contributed by atoms with van der Waals surface area (Å²) in [5.41, 5.74) is -0.405. The zero-order chi connectivity index (χ0) is 9.97. The molecule has 0 saturated heterocycles. The van der Waals surface area contributed by atoms with E-state index in [9.17, 15) is 9.59 Å². The number of nitrogens with one attached hydrogen (secondary N) is 2. The minimum absolute atomic E-state index is 0.215. The van der Waals surface area contributed by atoms with Crippen molar-refractivity contribution in [1.82, 2.24) is 19.9 Å². The molecule has 70 valence electrons. The highest BCUT2D eigenvalue weighted by Crippen LogP contribution is 2.02. The van der Waals surface area contributed by atoms with Crippen LogP contribution in [0.1, 0.15) is 0 Å². The molecule has 2 aromatic heterocycles. The highest BCUT2D eigenvalue weighted by Gasteiger charge is 2.03. The molecule has 0 bridgehead atoms. The summed E-state index contributed by atoms with van der Waals surface area (Å²) in [7, 11) is 0. The van der Waals surface area contributed by atoms with Crippen LogP contribution in [0.2, 0.25) is 0 Å². The second-order valence-corrected chi connectivity index (χ2v) is 2.58. The van der Waals surface area contributed by atoms with Gasteiger partial charge in [0.1, 0.15) is 11.4 Å². The average Bonchev–Trinajstić information content (AvgIpc) is 2.18. The molecule has 0 fully saturated rings. The summed E-state index contributed by atoms with van der Waals surface area (Å²) in [6.45, 7) is 0. The van der Waals surface area contributed by atoms with Gasteiger partial charge in [0.25, 0.3) is 11.1 Å². The standard InChI is InChI=1S/C8H6N4O2/c13-6-1-2-10-7(12-6)5-3-9-4-11-8(5)14/h1-4H,(H,9,11,14)(H,10,12,13). The lowest BCUT2D eigenvalue weighted by Gasteiger charge is -1.96. The lowest BCUT2D eigenvalue weighted by Crippen LogP contribution is -2.13. The first-order valence-corrected chi connectivity index (χ1v) is 3.86. The van der Waals surface area contributed by atoms with Gasteiger partial charge in [0, 0.05) is 18.5 Å². The molecule has 0 aliphatic rings. The normalized spacial score (nSPS) is 10.0. The second-order valence-electron chi connectivity index (χ2n) is 2.58. The third kappa shape index (κ3) is 1.45. The van der Waals surface area contributed by atoms with E-state index in [1.165, 1.54) is 24.8 Å². The van der Waals surface area contributed by atoms with Gasteiger partial charge in [0.05, 0.1) is 6.33 Å².